The molecule has 1 amide bonds. The van der Waals surface area contributed by atoms with Crippen LogP contribution in [0.25, 0.3) is 0 Å². The van der Waals surface area contributed by atoms with E-state index in [9.17, 15) is 14.9 Å². The number of nitrogens with two attached hydrogens (primary N) is 1. The summed E-state index contributed by atoms with van der Waals surface area (Å²) in [4.78, 5) is 24.3. The average molecular weight is 228 g/mol. The molecular weight excluding hydrogens is 214 g/mol. The van der Waals surface area contributed by atoms with E-state index in [0.717, 1.165) is 0 Å². The van der Waals surface area contributed by atoms with Crippen molar-refractivity contribution >= 4 is 18.3 Å². The molecule has 0 radical (unpaired) electrons. The van der Waals surface area contributed by atoms with Crippen LogP contribution in [0.5, 0.6) is 0 Å². The maximum Gasteiger partial charge on any atom is 0.294 e. The van der Waals surface area contributed by atoms with Gasteiger partial charge in [-0.25, -0.2) is 0 Å². The average Bonchev–Trinajstić information content (AvgIpc) is 2.10. The maximum absolute atomic E-state index is 10.6. The molecule has 0 aromatic carbocycles. The summed E-state index contributed by atoms with van der Waals surface area (Å²) in [6.07, 6.45) is 1.17. The Hall–Kier alpha value is -1.08. The van der Waals surface area contributed by atoms with Gasteiger partial charge in [0.2, 0.25) is 5.91 Å². The third-order valence-corrected chi connectivity index (χ3v) is 1.28. The van der Waals surface area contributed by atoms with Gasteiger partial charge in [0, 0.05) is 6.54 Å². The van der Waals surface area contributed by atoms with E-state index in [4.69, 9.17) is 5.73 Å². The van der Waals surface area contributed by atoms with Crippen LogP contribution in [0.4, 0.5) is 0 Å². The van der Waals surface area contributed by atoms with E-state index in [1.54, 1.807) is 0 Å². The van der Waals surface area contributed by atoms with Crippen LogP contribution >= 0.6 is 12.4 Å². The molecule has 0 heterocycles. The number of carbonyl (C=O) groups excluding carboxylic acids is 1. The Morgan fingerprint density at radius 1 is 1.50 bits per heavy atom. The molecule has 84 valence electrons. The number of amides is 1. The van der Waals surface area contributed by atoms with Crippen LogP contribution in [0.15, 0.2) is 0 Å². The summed E-state index contributed by atoms with van der Waals surface area (Å²) < 4.78 is 0. The first kappa shape index (κ1) is 15.4. The SMILES string of the molecule is Cl.NCC(=O)NCCCCO[N+](=O)[O-]. The van der Waals surface area contributed by atoms with Gasteiger partial charge in [-0.05, 0) is 12.8 Å². The Balaban J connectivity index is 0. The Bertz CT molecular complexity index is 178. The summed E-state index contributed by atoms with van der Waals surface area (Å²) in [6, 6.07) is 0. The molecule has 0 aromatic heterocycles. The summed E-state index contributed by atoms with van der Waals surface area (Å²) in [5.41, 5.74) is 5.03. The van der Waals surface area contributed by atoms with E-state index < -0.39 is 5.09 Å². The second-order valence-electron chi connectivity index (χ2n) is 2.32. The Labute approximate surface area is 87.5 Å². The smallest absolute Gasteiger partial charge is 0.294 e. The molecule has 7 nitrogen and oxygen atoms in total. The number of hydrogen-bond acceptors (Lipinski definition) is 5. The molecule has 0 saturated carbocycles. The van der Waals surface area contributed by atoms with Gasteiger partial charge >= 0.3 is 0 Å². The van der Waals surface area contributed by atoms with Crippen molar-refractivity contribution in [2.24, 2.45) is 5.73 Å². The highest BCUT2D eigenvalue weighted by atomic mass is 35.5. The summed E-state index contributed by atoms with van der Waals surface area (Å²) >= 11 is 0. The van der Waals surface area contributed by atoms with Crippen LogP contribution in [0, 0.1) is 10.1 Å². The van der Waals surface area contributed by atoms with Crippen molar-refractivity contribution in [1.29, 1.82) is 0 Å². The number of rotatable bonds is 7. The van der Waals surface area contributed by atoms with Crippen LogP contribution in [0.2, 0.25) is 0 Å². The van der Waals surface area contributed by atoms with Gasteiger partial charge in [0.15, 0.2) is 0 Å². The highest BCUT2D eigenvalue weighted by Crippen LogP contribution is 1.88. The van der Waals surface area contributed by atoms with Gasteiger partial charge in [0.05, 0.1) is 13.2 Å². The van der Waals surface area contributed by atoms with E-state index in [2.05, 4.69) is 10.2 Å². The van der Waals surface area contributed by atoms with Crippen LogP contribution < -0.4 is 11.1 Å². The van der Waals surface area contributed by atoms with Crippen molar-refractivity contribution in [3.63, 3.8) is 0 Å². The number of halogens is 1. The minimum atomic E-state index is -0.835. The van der Waals surface area contributed by atoms with E-state index in [1.807, 2.05) is 0 Å². The molecule has 0 fully saturated rings. The monoisotopic (exact) mass is 227 g/mol. The van der Waals surface area contributed by atoms with Crippen molar-refractivity contribution in [1.82, 2.24) is 5.32 Å². The topological polar surface area (TPSA) is 107 Å². The zero-order valence-corrected chi connectivity index (χ0v) is 8.42. The predicted molar refractivity (Wildman–Crippen MR) is 51.5 cm³/mol. The normalized spacial score (nSPS) is 8.64. The molecule has 0 bridgehead atoms. The lowest BCUT2D eigenvalue weighted by Crippen LogP contribution is -2.31. The van der Waals surface area contributed by atoms with Gasteiger partial charge in [-0.1, -0.05) is 0 Å². The van der Waals surface area contributed by atoms with Crippen molar-refractivity contribution in [2.45, 2.75) is 12.8 Å². The van der Waals surface area contributed by atoms with Gasteiger partial charge in [0.25, 0.3) is 5.09 Å². The number of nitrogens with one attached hydrogen (secondary N) is 1. The number of hydrogen-bond donors (Lipinski definition) is 2. The summed E-state index contributed by atoms with van der Waals surface area (Å²) in [6.45, 7) is 0.494. The van der Waals surface area contributed by atoms with Crippen LogP contribution in [0.3, 0.4) is 0 Å². The van der Waals surface area contributed by atoms with Crippen molar-refractivity contribution < 1.29 is 14.7 Å². The van der Waals surface area contributed by atoms with Crippen molar-refractivity contribution in [3.8, 4) is 0 Å². The second-order valence-corrected chi connectivity index (χ2v) is 2.32. The van der Waals surface area contributed by atoms with Gasteiger partial charge in [-0.3, -0.25) is 4.79 Å². The summed E-state index contributed by atoms with van der Waals surface area (Å²) in [7, 11) is 0. The van der Waals surface area contributed by atoms with E-state index in [0.29, 0.717) is 19.4 Å². The van der Waals surface area contributed by atoms with Crippen LogP contribution in [-0.2, 0) is 9.63 Å². The molecule has 14 heavy (non-hydrogen) atoms. The lowest BCUT2D eigenvalue weighted by Gasteiger charge is -2.02. The van der Waals surface area contributed by atoms with Crippen LogP contribution in [-0.4, -0.2) is 30.7 Å². The zero-order valence-electron chi connectivity index (χ0n) is 7.60. The predicted octanol–water partition coefficient (Wildman–Crippen LogP) is -0.528. The fourth-order valence-corrected chi connectivity index (χ4v) is 0.666. The van der Waals surface area contributed by atoms with E-state index >= 15 is 0 Å². The highest BCUT2D eigenvalue weighted by molar-refractivity contribution is 5.85. The fraction of sp³-hybridized carbons (Fsp3) is 0.833. The molecule has 0 spiro atoms. The van der Waals surface area contributed by atoms with Crippen molar-refractivity contribution in [3.05, 3.63) is 10.1 Å². The van der Waals surface area contributed by atoms with E-state index in [-0.39, 0.29) is 31.5 Å². The number of carbonyl (C=O) groups is 1. The van der Waals surface area contributed by atoms with E-state index in [1.165, 1.54) is 0 Å². The molecule has 0 aliphatic heterocycles. The third kappa shape index (κ3) is 10.9. The van der Waals surface area contributed by atoms with Gasteiger partial charge in [0.1, 0.15) is 0 Å². The maximum atomic E-state index is 10.6. The standard InChI is InChI=1S/C6H13N3O4.ClH/c7-5-6(10)8-3-1-2-4-13-9(11)12;/h1-5,7H2,(H,8,10);1H. The van der Waals surface area contributed by atoms with Gasteiger partial charge in [-0.15, -0.1) is 22.5 Å². The fourth-order valence-electron chi connectivity index (χ4n) is 0.666. The van der Waals surface area contributed by atoms with Crippen LogP contribution in [0.1, 0.15) is 12.8 Å². The van der Waals surface area contributed by atoms with Gasteiger partial charge in [-0.2, -0.15) is 0 Å². The lowest BCUT2D eigenvalue weighted by molar-refractivity contribution is -0.757. The number of unbranched alkanes of at least 4 members (excludes halogenated alkanes) is 1. The molecule has 0 aliphatic carbocycles. The Morgan fingerprint density at radius 3 is 2.64 bits per heavy atom. The van der Waals surface area contributed by atoms with Crippen molar-refractivity contribution in [2.75, 3.05) is 19.7 Å². The molecule has 0 atom stereocenters. The largest absolute Gasteiger partial charge is 0.355 e. The summed E-state index contributed by atoms with van der Waals surface area (Å²) in [5, 5.41) is 11.4. The zero-order chi connectivity index (χ0) is 10.1. The first-order chi connectivity index (χ1) is 6.16. The number of nitrogens with zero attached hydrogens (tertiary/aromatic N) is 1. The lowest BCUT2D eigenvalue weighted by atomic mass is 10.3. The molecule has 0 aliphatic rings. The minimum absolute atomic E-state index is 0. The molecule has 0 saturated heterocycles. The second kappa shape index (κ2) is 10.0. The molecular formula is C6H14ClN3O4. The first-order valence-corrected chi connectivity index (χ1v) is 3.91. The molecule has 3 N–H and O–H groups in total. The molecule has 0 aromatic rings. The molecule has 0 rings (SSSR count). The first-order valence-electron chi connectivity index (χ1n) is 3.91. The quantitative estimate of drug-likeness (QED) is 0.345. The molecule has 0 unspecified atom stereocenters. The van der Waals surface area contributed by atoms with Gasteiger partial charge < -0.3 is 15.9 Å². The Kier molecular flexibility index (Phi) is 11.0. The Morgan fingerprint density at radius 2 is 2.14 bits per heavy atom. The third-order valence-electron chi connectivity index (χ3n) is 1.28. The summed E-state index contributed by atoms with van der Waals surface area (Å²) in [5.74, 6) is -0.227. The minimum Gasteiger partial charge on any atom is -0.355 e. The molecule has 8 heteroatoms. The highest BCUT2D eigenvalue weighted by Gasteiger charge is 1.96.